The number of nitrogen functional groups attached to an aromatic ring is 1. The molecule has 0 bridgehead atoms. The van der Waals surface area contributed by atoms with Gasteiger partial charge in [-0.25, -0.2) is 4.98 Å². The molecule has 0 amide bonds. The van der Waals surface area contributed by atoms with E-state index in [2.05, 4.69) is 18.8 Å². The summed E-state index contributed by atoms with van der Waals surface area (Å²) >= 11 is 0. The van der Waals surface area contributed by atoms with Gasteiger partial charge in [0.2, 0.25) is 0 Å². The number of hydrogen-bond donors (Lipinski definition) is 1. The molecule has 1 aromatic rings. The predicted molar refractivity (Wildman–Crippen MR) is 53.7 cm³/mol. The zero-order valence-corrected chi connectivity index (χ0v) is 8.37. The molecule has 0 atom stereocenters. The molecule has 3 nitrogen and oxygen atoms in total. The van der Waals surface area contributed by atoms with Crippen molar-refractivity contribution in [2.75, 3.05) is 12.3 Å². The second-order valence-electron chi connectivity index (χ2n) is 3.54. The molecule has 1 heterocycles. The lowest BCUT2D eigenvalue weighted by Gasteiger charge is -2.10. The molecule has 1 rings (SSSR count). The third-order valence-corrected chi connectivity index (χ3v) is 1.60. The van der Waals surface area contributed by atoms with Crippen molar-refractivity contribution in [1.82, 2.24) is 4.98 Å². The minimum atomic E-state index is 0.473. The lowest BCUT2D eigenvalue weighted by molar-refractivity contribution is 0.271. The van der Waals surface area contributed by atoms with Crippen LogP contribution in [0.2, 0.25) is 0 Å². The lowest BCUT2D eigenvalue weighted by Crippen LogP contribution is -2.07. The summed E-state index contributed by atoms with van der Waals surface area (Å²) in [6, 6.07) is 3.76. The highest BCUT2D eigenvalue weighted by Crippen LogP contribution is 2.19. The summed E-state index contributed by atoms with van der Waals surface area (Å²) in [4.78, 5) is 4.10. The third-order valence-electron chi connectivity index (χ3n) is 1.60. The van der Waals surface area contributed by atoms with Gasteiger partial charge in [0.25, 0.3) is 0 Å². The van der Waals surface area contributed by atoms with Crippen molar-refractivity contribution in [3.05, 3.63) is 17.8 Å². The van der Waals surface area contributed by atoms with E-state index in [0.717, 1.165) is 5.69 Å². The number of pyridine rings is 1. The maximum absolute atomic E-state index is 5.67. The van der Waals surface area contributed by atoms with Gasteiger partial charge in [-0.1, -0.05) is 13.8 Å². The summed E-state index contributed by atoms with van der Waals surface area (Å²) in [5, 5.41) is 0. The molecule has 0 aliphatic rings. The molecule has 72 valence electrons. The fourth-order valence-corrected chi connectivity index (χ4v) is 0.943. The first-order chi connectivity index (χ1) is 6.09. The summed E-state index contributed by atoms with van der Waals surface area (Å²) in [5.41, 5.74) is 6.58. The summed E-state index contributed by atoms with van der Waals surface area (Å²) in [6.07, 6.45) is 0. The Morgan fingerprint density at radius 2 is 2.15 bits per heavy atom. The first-order valence-electron chi connectivity index (χ1n) is 4.45. The average Bonchev–Trinajstić information content (AvgIpc) is 2.02. The highest BCUT2D eigenvalue weighted by Gasteiger charge is 2.02. The number of nitrogens with zero attached hydrogens (tertiary/aromatic N) is 1. The van der Waals surface area contributed by atoms with Crippen molar-refractivity contribution in [2.24, 2.45) is 5.92 Å². The van der Waals surface area contributed by atoms with Crippen LogP contribution in [0.1, 0.15) is 19.5 Å². The van der Waals surface area contributed by atoms with Crippen molar-refractivity contribution in [1.29, 1.82) is 0 Å². The van der Waals surface area contributed by atoms with E-state index in [9.17, 15) is 0 Å². The summed E-state index contributed by atoms with van der Waals surface area (Å²) in [6.45, 7) is 6.77. The Kier molecular flexibility index (Phi) is 3.12. The van der Waals surface area contributed by atoms with Gasteiger partial charge in [0.15, 0.2) is 11.6 Å². The Bertz CT molecular complexity index is 284. The minimum absolute atomic E-state index is 0.473. The number of hydrogen-bond acceptors (Lipinski definition) is 3. The Hall–Kier alpha value is -1.25. The normalized spacial score (nSPS) is 10.5. The fourth-order valence-electron chi connectivity index (χ4n) is 0.943. The predicted octanol–water partition coefficient (Wildman–Crippen LogP) is 2.01. The SMILES string of the molecule is Cc1ccc(OCC(C)C)c(N)n1. The molecule has 0 aliphatic heterocycles. The Balaban J connectivity index is 2.67. The molecular formula is C10H16N2O. The standard InChI is InChI=1S/C10H16N2O/c1-7(2)6-13-9-5-4-8(3)12-10(9)11/h4-5,7H,6H2,1-3H3,(H2,11,12). The van der Waals surface area contributed by atoms with Crippen LogP contribution in [0.4, 0.5) is 5.82 Å². The zero-order valence-electron chi connectivity index (χ0n) is 8.37. The number of ether oxygens (including phenoxy) is 1. The molecule has 3 heteroatoms. The van der Waals surface area contributed by atoms with Gasteiger partial charge in [-0.05, 0) is 25.0 Å². The molecule has 0 spiro atoms. The number of aromatic nitrogens is 1. The second-order valence-corrected chi connectivity index (χ2v) is 3.54. The molecule has 0 fully saturated rings. The lowest BCUT2D eigenvalue weighted by atomic mass is 10.2. The molecular weight excluding hydrogens is 164 g/mol. The smallest absolute Gasteiger partial charge is 0.166 e. The zero-order chi connectivity index (χ0) is 9.84. The van der Waals surface area contributed by atoms with Crippen LogP contribution in [0.25, 0.3) is 0 Å². The fraction of sp³-hybridized carbons (Fsp3) is 0.500. The molecule has 2 N–H and O–H groups in total. The van der Waals surface area contributed by atoms with Crippen molar-refractivity contribution < 1.29 is 4.74 Å². The first-order valence-corrected chi connectivity index (χ1v) is 4.45. The van der Waals surface area contributed by atoms with E-state index < -0.39 is 0 Å². The van der Waals surface area contributed by atoms with Crippen molar-refractivity contribution in [2.45, 2.75) is 20.8 Å². The number of aryl methyl sites for hydroxylation is 1. The topological polar surface area (TPSA) is 48.1 Å². The van der Waals surface area contributed by atoms with Crippen LogP contribution in [0.5, 0.6) is 5.75 Å². The number of nitrogens with two attached hydrogens (primary N) is 1. The quantitative estimate of drug-likeness (QED) is 0.774. The van der Waals surface area contributed by atoms with Gasteiger partial charge >= 0.3 is 0 Å². The van der Waals surface area contributed by atoms with Gasteiger partial charge in [0, 0.05) is 5.69 Å². The number of anilines is 1. The average molecular weight is 180 g/mol. The molecule has 1 aromatic heterocycles. The maximum atomic E-state index is 5.67. The van der Waals surface area contributed by atoms with Crippen LogP contribution in [0.3, 0.4) is 0 Å². The van der Waals surface area contributed by atoms with Gasteiger partial charge in [-0.15, -0.1) is 0 Å². The highest BCUT2D eigenvalue weighted by atomic mass is 16.5. The van der Waals surface area contributed by atoms with Crippen LogP contribution >= 0.6 is 0 Å². The molecule has 0 saturated carbocycles. The molecule has 0 saturated heterocycles. The van der Waals surface area contributed by atoms with Crippen LogP contribution in [0, 0.1) is 12.8 Å². The van der Waals surface area contributed by atoms with Crippen LogP contribution in [-0.2, 0) is 0 Å². The van der Waals surface area contributed by atoms with Crippen LogP contribution in [0.15, 0.2) is 12.1 Å². The molecule has 13 heavy (non-hydrogen) atoms. The van der Waals surface area contributed by atoms with Crippen molar-refractivity contribution in [3.8, 4) is 5.75 Å². The third kappa shape index (κ3) is 2.93. The van der Waals surface area contributed by atoms with E-state index in [1.807, 2.05) is 19.1 Å². The summed E-state index contributed by atoms with van der Waals surface area (Å²) < 4.78 is 5.47. The Morgan fingerprint density at radius 1 is 1.46 bits per heavy atom. The van der Waals surface area contributed by atoms with Gasteiger partial charge in [0.1, 0.15) is 0 Å². The van der Waals surface area contributed by atoms with Gasteiger partial charge < -0.3 is 10.5 Å². The van der Waals surface area contributed by atoms with Gasteiger partial charge in [-0.3, -0.25) is 0 Å². The molecule has 0 aromatic carbocycles. The molecule has 0 unspecified atom stereocenters. The van der Waals surface area contributed by atoms with Gasteiger partial charge in [0.05, 0.1) is 6.61 Å². The van der Waals surface area contributed by atoms with Crippen molar-refractivity contribution in [3.63, 3.8) is 0 Å². The van der Waals surface area contributed by atoms with Crippen LogP contribution in [-0.4, -0.2) is 11.6 Å². The Morgan fingerprint density at radius 3 is 2.69 bits per heavy atom. The van der Waals surface area contributed by atoms with Gasteiger partial charge in [-0.2, -0.15) is 0 Å². The number of rotatable bonds is 3. The monoisotopic (exact) mass is 180 g/mol. The van der Waals surface area contributed by atoms with E-state index in [0.29, 0.717) is 24.1 Å². The summed E-state index contributed by atoms with van der Waals surface area (Å²) in [7, 11) is 0. The van der Waals surface area contributed by atoms with E-state index in [1.54, 1.807) is 0 Å². The molecule has 0 radical (unpaired) electrons. The molecule has 0 aliphatic carbocycles. The first kappa shape index (κ1) is 9.84. The summed E-state index contributed by atoms with van der Waals surface area (Å²) in [5.74, 6) is 1.65. The van der Waals surface area contributed by atoms with E-state index in [-0.39, 0.29) is 0 Å². The van der Waals surface area contributed by atoms with Crippen LogP contribution < -0.4 is 10.5 Å². The second kappa shape index (κ2) is 4.12. The van der Waals surface area contributed by atoms with E-state index in [4.69, 9.17) is 10.5 Å². The maximum Gasteiger partial charge on any atom is 0.166 e. The largest absolute Gasteiger partial charge is 0.489 e. The Labute approximate surface area is 78.9 Å². The van der Waals surface area contributed by atoms with E-state index >= 15 is 0 Å². The minimum Gasteiger partial charge on any atom is -0.489 e. The van der Waals surface area contributed by atoms with E-state index in [1.165, 1.54) is 0 Å². The highest BCUT2D eigenvalue weighted by molar-refractivity contribution is 5.46. The van der Waals surface area contributed by atoms with Crippen molar-refractivity contribution >= 4 is 5.82 Å².